The number of piperidine rings is 1. The second kappa shape index (κ2) is 7.44. The Morgan fingerprint density at radius 2 is 2.04 bits per heavy atom. The van der Waals surface area contributed by atoms with E-state index in [9.17, 15) is 14.0 Å². The summed E-state index contributed by atoms with van der Waals surface area (Å²) in [5.74, 6) is -0.542. The Hall–Kier alpha value is -2.80. The summed E-state index contributed by atoms with van der Waals surface area (Å²) in [7, 11) is 0. The fourth-order valence-corrected chi connectivity index (χ4v) is 4.11. The van der Waals surface area contributed by atoms with E-state index < -0.39 is 0 Å². The molecule has 2 aromatic heterocycles. The van der Waals surface area contributed by atoms with Crippen molar-refractivity contribution < 1.29 is 14.0 Å². The fourth-order valence-electron chi connectivity index (χ4n) is 3.37. The summed E-state index contributed by atoms with van der Waals surface area (Å²) in [6, 6.07) is 11.3. The number of nitrogens with one attached hydrogen (secondary N) is 1. The molecule has 3 heterocycles. The van der Waals surface area contributed by atoms with E-state index in [-0.39, 0.29) is 23.4 Å². The number of likely N-dealkylation sites (tertiary alicyclic amines) is 1. The molecule has 7 heteroatoms. The summed E-state index contributed by atoms with van der Waals surface area (Å²) in [6.45, 7) is 1.04. The van der Waals surface area contributed by atoms with E-state index in [1.807, 2.05) is 17.5 Å². The molecule has 0 bridgehead atoms. The van der Waals surface area contributed by atoms with Crippen LogP contribution in [0.3, 0.4) is 0 Å². The highest BCUT2D eigenvalue weighted by Crippen LogP contribution is 2.25. The first-order valence-corrected chi connectivity index (χ1v) is 9.68. The molecule has 0 saturated carbocycles. The van der Waals surface area contributed by atoms with Crippen LogP contribution in [-0.4, -0.2) is 39.9 Å². The van der Waals surface area contributed by atoms with E-state index in [0.717, 1.165) is 23.3 Å². The number of ketones is 1. The molecule has 0 radical (unpaired) electrons. The lowest BCUT2D eigenvalue weighted by atomic mass is 9.93. The summed E-state index contributed by atoms with van der Waals surface area (Å²) >= 11 is 1.44. The first-order chi connectivity index (χ1) is 13.1. The Kier molecular flexibility index (Phi) is 4.85. The van der Waals surface area contributed by atoms with Gasteiger partial charge >= 0.3 is 0 Å². The van der Waals surface area contributed by atoms with E-state index in [4.69, 9.17) is 0 Å². The van der Waals surface area contributed by atoms with E-state index in [1.165, 1.54) is 23.5 Å². The van der Waals surface area contributed by atoms with Crippen LogP contribution in [0.25, 0.3) is 11.3 Å². The van der Waals surface area contributed by atoms with Crippen molar-refractivity contribution in [1.82, 2.24) is 15.1 Å². The van der Waals surface area contributed by atoms with Gasteiger partial charge in [-0.05, 0) is 54.6 Å². The zero-order valence-corrected chi connectivity index (χ0v) is 15.3. The average molecular weight is 383 g/mol. The molecule has 27 heavy (non-hydrogen) atoms. The Balaban J connectivity index is 1.48. The van der Waals surface area contributed by atoms with Crippen molar-refractivity contribution in [2.24, 2.45) is 5.92 Å². The van der Waals surface area contributed by atoms with Gasteiger partial charge in [-0.2, -0.15) is 5.10 Å². The second-order valence-electron chi connectivity index (χ2n) is 6.61. The van der Waals surface area contributed by atoms with E-state index in [1.54, 1.807) is 23.1 Å². The van der Waals surface area contributed by atoms with Crippen LogP contribution in [0.4, 0.5) is 4.39 Å². The predicted molar refractivity (Wildman–Crippen MR) is 101 cm³/mol. The highest BCUT2D eigenvalue weighted by atomic mass is 32.1. The van der Waals surface area contributed by atoms with Crippen LogP contribution in [0.5, 0.6) is 0 Å². The quantitative estimate of drug-likeness (QED) is 0.692. The van der Waals surface area contributed by atoms with Gasteiger partial charge in [0.2, 0.25) is 0 Å². The number of benzene rings is 1. The molecule has 1 aliphatic rings. The number of hydrogen-bond acceptors (Lipinski definition) is 4. The van der Waals surface area contributed by atoms with Crippen LogP contribution < -0.4 is 0 Å². The fraction of sp³-hybridized carbons (Fsp3) is 0.250. The highest BCUT2D eigenvalue weighted by molar-refractivity contribution is 7.12. The summed E-state index contributed by atoms with van der Waals surface area (Å²) in [5, 5.41) is 8.83. The number of Topliss-reactive ketones (excluding diaryl/α,β-unsaturated/α-hetero) is 1. The number of aromatic nitrogens is 2. The molecule has 1 amide bonds. The first-order valence-electron chi connectivity index (χ1n) is 8.80. The molecule has 1 fully saturated rings. The second-order valence-corrected chi connectivity index (χ2v) is 7.55. The van der Waals surface area contributed by atoms with Crippen molar-refractivity contribution in [2.75, 3.05) is 13.1 Å². The minimum Gasteiger partial charge on any atom is -0.337 e. The van der Waals surface area contributed by atoms with Crippen molar-refractivity contribution in [2.45, 2.75) is 12.8 Å². The van der Waals surface area contributed by atoms with Gasteiger partial charge in [-0.3, -0.25) is 14.7 Å². The maximum absolute atomic E-state index is 13.1. The number of carbonyl (C=O) groups excluding carboxylic acids is 2. The van der Waals surface area contributed by atoms with E-state index >= 15 is 0 Å². The molecule has 0 unspecified atom stereocenters. The van der Waals surface area contributed by atoms with Crippen LogP contribution in [0.1, 0.15) is 33.0 Å². The lowest BCUT2D eigenvalue weighted by molar-refractivity contribution is 0.0633. The maximum Gasteiger partial charge on any atom is 0.271 e. The number of halogens is 1. The van der Waals surface area contributed by atoms with Crippen LogP contribution >= 0.6 is 11.3 Å². The molecule has 5 nitrogen and oxygen atoms in total. The van der Waals surface area contributed by atoms with Gasteiger partial charge in [-0.1, -0.05) is 6.07 Å². The number of hydrogen-bond donors (Lipinski definition) is 1. The molecular formula is C20H18FN3O2S. The molecule has 4 rings (SSSR count). The number of amides is 1. The number of thiophene rings is 1. The molecule has 1 N–H and O–H groups in total. The van der Waals surface area contributed by atoms with Crippen LogP contribution in [0.2, 0.25) is 0 Å². The van der Waals surface area contributed by atoms with Gasteiger partial charge in [-0.25, -0.2) is 4.39 Å². The van der Waals surface area contributed by atoms with Crippen LogP contribution in [0, 0.1) is 11.7 Å². The molecule has 0 aliphatic carbocycles. The zero-order valence-electron chi connectivity index (χ0n) is 14.5. The number of rotatable bonds is 4. The van der Waals surface area contributed by atoms with Gasteiger partial charge in [0.15, 0.2) is 5.78 Å². The standard InChI is InChI=1S/C20H18FN3O2S/c21-15-7-5-13(6-8-15)16-11-17(23-22-16)20(26)24-9-1-3-14(12-24)19(25)18-4-2-10-27-18/h2,4-8,10-11,14H,1,3,9,12H2,(H,22,23)/t14-/m1/s1. The summed E-state index contributed by atoms with van der Waals surface area (Å²) < 4.78 is 13.1. The molecule has 3 aromatic rings. The van der Waals surface area contributed by atoms with Gasteiger partial charge in [0, 0.05) is 24.6 Å². The lowest BCUT2D eigenvalue weighted by Crippen LogP contribution is -2.42. The van der Waals surface area contributed by atoms with Crippen molar-refractivity contribution in [3.05, 3.63) is 64.2 Å². The Morgan fingerprint density at radius 1 is 1.22 bits per heavy atom. The van der Waals surface area contributed by atoms with Gasteiger partial charge in [0.05, 0.1) is 10.6 Å². The van der Waals surface area contributed by atoms with Crippen molar-refractivity contribution >= 4 is 23.0 Å². The third kappa shape index (κ3) is 3.68. The molecule has 0 spiro atoms. The Labute approximate surface area is 159 Å². The van der Waals surface area contributed by atoms with Gasteiger partial charge in [0.1, 0.15) is 11.5 Å². The minimum atomic E-state index is -0.319. The first kappa shape index (κ1) is 17.6. The van der Waals surface area contributed by atoms with Gasteiger partial charge in [0.25, 0.3) is 5.91 Å². The largest absolute Gasteiger partial charge is 0.337 e. The third-order valence-corrected chi connectivity index (χ3v) is 5.68. The van der Waals surface area contributed by atoms with Crippen LogP contribution in [-0.2, 0) is 0 Å². The Morgan fingerprint density at radius 3 is 2.78 bits per heavy atom. The summed E-state index contributed by atoms with van der Waals surface area (Å²) in [6.07, 6.45) is 1.59. The normalized spacial score (nSPS) is 17.1. The molecule has 1 atom stereocenters. The molecule has 1 saturated heterocycles. The number of H-pyrrole nitrogens is 1. The van der Waals surface area contributed by atoms with Gasteiger partial charge in [-0.15, -0.1) is 11.3 Å². The minimum absolute atomic E-state index is 0.110. The summed E-state index contributed by atoms with van der Waals surface area (Å²) in [4.78, 5) is 27.9. The number of nitrogens with zero attached hydrogens (tertiary/aromatic N) is 2. The van der Waals surface area contributed by atoms with Crippen molar-refractivity contribution in [1.29, 1.82) is 0 Å². The predicted octanol–water partition coefficient (Wildman–Crippen LogP) is 4.01. The number of carbonyl (C=O) groups is 2. The molecular weight excluding hydrogens is 365 g/mol. The molecule has 138 valence electrons. The summed E-state index contributed by atoms with van der Waals surface area (Å²) in [5.41, 5.74) is 1.69. The topological polar surface area (TPSA) is 66.1 Å². The SMILES string of the molecule is O=C(c1cccs1)[C@@H]1CCCN(C(=O)c2cc(-c3ccc(F)cc3)n[nH]2)C1. The van der Waals surface area contributed by atoms with Crippen molar-refractivity contribution in [3.63, 3.8) is 0 Å². The highest BCUT2D eigenvalue weighted by Gasteiger charge is 2.30. The lowest BCUT2D eigenvalue weighted by Gasteiger charge is -2.31. The third-order valence-electron chi connectivity index (χ3n) is 4.79. The van der Waals surface area contributed by atoms with Crippen LogP contribution in [0.15, 0.2) is 47.8 Å². The Bertz CT molecular complexity index is 950. The molecule has 1 aromatic carbocycles. The van der Waals surface area contributed by atoms with E-state index in [0.29, 0.717) is 24.5 Å². The smallest absolute Gasteiger partial charge is 0.271 e. The molecule has 1 aliphatic heterocycles. The monoisotopic (exact) mass is 383 g/mol. The van der Waals surface area contributed by atoms with Crippen molar-refractivity contribution in [3.8, 4) is 11.3 Å². The maximum atomic E-state index is 13.1. The van der Waals surface area contributed by atoms with E-state index in [2.05, 4.69) is 10.2 Å². The van der Waals surface area contributed by atoms with Gasteiger partial charge < -0.3 is 4.90 Å². The number of aromatic amines is 1. The average Bonchev–Trinajstić information content (AvgIpc) is 3.40. The zero-order chi connectivity index (χ0) is 18.8.